The summed E-state index contributed by atoms with van der Waals surface area (Å²) in [6.45, 7) is 4.53. The molecule has 2 aromatic heterocycles. The lowest BCUT2D eigenvalue weighted by molar-refractivity contribution is -0.140. The van der Waals surface area contributed by atoms with E-state index in [-0.39, 0.29) is 11.9 Å². The van der Waals surface area contributed by atoms with E-state index in [1.165, 1.54) is 24.8 Å². The summed E-state index contributed by atoms with van der Waals surface area (Å²) in [6.07, 6.45) is 2.43. The van der Waals surface area contributed by atoms with Gasteiger partial charge >= 0.3 is 11.9 Å². The highest BCUT2D eigenvalue weighted by molar-refractivity contribution is 7.20. The van der Waals surface area contributed by atoms with Crippen LogP contribution in [0.3, 0.4) is 0 Å². The van der Waals surface area contributed by atoms with Crippen LogP contribution in [0.25, 0.3) is 10.2 Å². The molecule has 0 spiro atoms. The smallest absolute Gasteiger partial charge is 0.348 e. The molecule has 2 heterocycles. The standard InChI is InChI=1S/C15H19N3O4S/c1-4-22-15(20)12-9(2)11-13(17-8-18-14(11)23-12)16-7-5-6-10(19)21-3/h8H,4-7H2,1-3H3,(H,16,17,18). The number of nitrogens with zero attached hydrogens (tertiary/aromatic N) is 2. The van der Waals surface area contributed by atoms with Crippen LogP contribution in [0.2, 0.25) is 0 Å². The van der Waals surface area contributed by atoms with Crippen LogP contribution < -0.4 is 5.32 Å². The second-order valence-electron chi connectivity index (χ2n) is 4.79. The zero-order valence-electron chi connectivity index (χ0n) is 13.3. The van der Waals surface area contributed by atoms with Crippen LogP contribution in [0.4, 0.5) is 5.82 Å². The Labute approximate surface area is 138 Å². The van der Waals surface area contributed by atoms with Crippen molar-refractivity contribution < 1.29 is 19.1 Å². The number of anilines is 1. The van der Waals surface area contributed by atoms with Crippen molar-refractivity contribution in [3.05, 3.63) is 16.8 Å². The molecule has 0 aliphatic heterocycles. The molecule has 0 atom stereocenters. The van der Waals surface area contributed by atoms with E-state index in [2.05, 4.69) is 20.0 Å². The quantitative estimate of drug-likeness (QED) is 0.613. The fourth-order valence-corrected chi connectivity index (χ4v) is 3.18. The molecular weight excluding hydrogens is 318 g/mol. The van der Waals surface area contributed by atoms with E-state index in [1.807, 2.05) is 6.92 Å². The molecule has 0 fully saturated rings. The summed E-state index contributed by atoms with van der Waals surface area (Å²) in [6, 6.07) is 0. The number of thiophene rings is 1. The number of nitrogens with one attached hydrogen (secondary N) is 1. The molecule has 2 aromatic rings. The second kappa shape index (κ2) is 7.87. The van der Waals surface area contributed by atoms with Gasteiger partial charge in [-0.2, -0.15) is 0 Å². The molecule has 0 saturated carbocycles. The molecule has 8 heteroatoms. The summed E-state index contributed by atoms with van der Waals surface area (Å²) in [7, 11) is 1.37. The highest BCUT2D eigenvalue weighted by Crippen LogP contribution is 2.33. The van der Waals surface area contributed by atoms with Crippen LogP contribution >= 0.6 is 11.3 Å². The lowest BCUT2D eigenvalue weighted by Crippen LogP contribution is -2.08. The minimum Gasteiger partial charge on any atom is -0.469 e. The summed E-state index contributed by atoms with van der Waals surface area (Å²) in [5.41, 5.74) is 0.805. The van der Waals surface area contributed by atoms with Crippen molar-refractivity contribution in [1.82, 2.24) is 9.97 Å². The summed E-state index contributed by atoms with van der Waals surface area (Å²) in [5, 5.41) is 4.01. The first-order chi connectivity index (χ1) is 11.1. The summed E-state index contributed by atoms with van der Waals surface area (Å²) in [4.78, 5) is 32.8. The topological polar surface area (TPSA) is 90.4 Å². The first-order valence-electron chi connectivity index (χ1n) is 7.30. The Kier molecular flexibility index (Phi) is 5.86. The molecule has 23 heavy (non-hydrogen) atoms. The van der Waals surface area contributed by atoms with Gasteiger partial charge in [-0.25, -0.2) is 14.8 Å². The van der Waals surface area contributed by atoms with Crippen molar-refractivity contribution in [1.29, 1.82) is 0 Å². The number of hydrogen-bond donors (Lipinski definition) is 1. The molecule has 0 amide bonds. The molecule has 0 aromatic carbocycles. The van der Waals surface area contributed by atoms with Gasteiger partial charge in [0.05, 0.1) is 19.1 Å². The van der Waals surface area contributed by atoms with Gasteiger partial charge in [0.1, 0.15) is 21.9 Å². The minimum absolute atomic E-state index is 0.240. The average Bonchev–Trinajstić information content (AvgIpc) is 2.89. The van der Waals surface area contributed by atoms with E-state index < -0.39 is 0 Å². The van der Waals surface area contributed by atoms with Gasteiger partial charge in [-0.15, -0.1) is 11.3 Å². The summed E-state index contributed by atoms with van der Waals surface area (Å²) < 4.78 is 9.67. The third-order valence-electron chi connectivity index (χ3n) is 3.27. The van der Waals surface area contributed by atoms with Crippen LogP contribution in [-0.4, -0.2) is 42.2 Å². The third kappa shape index (κ3) is 3.95. The fourth-order valence-electron chi connectivity index (χ4n) is 2.14. The Morgan fingerprint density at radius 1 is 1.35 bits per heavy atom. The van der Waals surface area contributed by atoms with Crippen molar-refractivity contribution in [3.8, 4) is 0 Å². The molecule has 0 unspecified atom stereocenters. The number of rotatable bonds is 7. The van der Waals surface area contributed by atoms with Crippen molar-refractivity contribution in [2.45, 2.75) is 26.7 Å². The molecule has 1 N–H and O–H groups in total. The zero-order chi connectivity index (χ0) is 16.8. The van der Waals surface area contributed by atoms with E-state index >= 15 is 0 Å². The van der Waals surface area contributed by atoms with E-state index in [0.29, 0.717) is 36.7 Å². The van der Waals surface area contributed by atoms with Crippen LogP contribution in [0.1, 0.15) is 35.0 Å². The number of aryl methyl sites for hydroxylation is 1. The molecule has 2 rings (SSSR count). The van der Waals surface area contributed by atoms with E-state index in [0.717, 1.165) is 15.8 Å². The number of methoxy groups -OCH3 is 1. The monoisotopic (exact) mass is 337 g/mol. The Morgan fingerprint density at radius 2 is 2.13 bits per heavy atom. The van der Waals surface area contributed by atoms with Gasteiger partial charge in [0, 0.05) is 13.0 Å². The maximum absolute atomic E-state index is 12.0. The number of carbonyl (C=O) groups excluding carboxylic acids is 2. The largest absolute Gasteiger partial charge is 0.469 e. The van der Waals surface area contributed by atoms with E-state index in [1.54, 1.807) is 6.92 Å². The van der Waals surface area contributed by atoms with Crippen LogP contribution in [0.5, 0.6) is 0 Å². The number of ether oxygens (including phenoxy) is 2. The van der Waals surface area contributed by atoms with Gasteiger partial charge in [0.15, 0.2) is 0 Å². The minimum atomic E-state index is -0.343. The van der Waals surface area contributed by atoms with Gasteiger partial charge in [-0.1, -0.05) is 0 Å². The predicted octanol–water partition coefficient (Wildman–Crippen LogP) is 2.54. The van der Waals surface area contributed by atoms with Crippen LogP contribution in [-0.2, 0) is 14.3 Å². The number of fused-ring (bicyclic) bond motifs is 1. The Bertz CT molecular complexity index is 714. The van der Waals surface area contributed by atoms with Crippen molar-refractivity contribution >= 4 is 39.3 Å². The predicted molar refractivity (Wildman–Crippen MR) is 87.8 cm³/mol. The summed E-state index contributed by atoms with van der Waals surface area (Å²) >= 11 is 1.29. The first-order valence-corrected chi connectivity index (χ1v) is 8.12. The molecular formula is C15H19N3O4S. The van der Waals surface area contributed by atoms with Crippen molar-refractivity contribution in [2.75, 3.05) is 25.6 Å². The van der Waals surface area contributed by atoms with Gasteiger partial charge in [-0.05, 0) is 25.8 Å². The Balaban J connectivity index is 2.17. The molecule has 0 saturated heterocycles. The van der Waals surface area contributed by atoms with Crippen molar-refractivity contribution in [2.24, 2.45) is 0 Å². The van der Waals surface area contributed by atoms with Gasteiger partial charge in [0.25, 0.3) is 0 Å². The lowest BCUT2D eigenvalue weighted by Gasteiger charge is -2.07. The Morgan fingerprint density at radius 3 is 2.83 bits per heavy atom. The SMILES string of the molecule is CCOC(=O)c1sc2ncnc(NCCCC(=O)OC)c2c1C. The molecule has 124 valence electrons. The van der Waals surface area contributed by atoms with Crippen LogP contribution in [0.15, 0.2) is 6.33 Å². The van der Waals surface area contributed by atoms with Gasteiger partial charge in [-0.3, -0.25) is 4.79 Å². The fraction of sp³-hybridized carbons (Fsp3) is 0.467. The molecule has 0 aliphatic carbocycles. The van der Waals surface area contributed by atoms with Gasteiger partial charge in [0.2, 0.25) is 0 Å². The summed E-state index contributed by atoms with van der Waals surface area (Å²) in [5.74, 6) is 0.0738. The first kappa shape index (κ1) is 17.1. The number of aromatic nitrogens is 2. The molecule has 7 nitrogen and oxygen atoms in total. The normalized spacial score (nSPS) is 10.6. The molecule has 0 bridgehead atoms. The van der Waals surface area contributed by atoms with E-state index in [9.17, 15) is 9.59 Å². The number of carbonyl (C=O) groups is 2. The number of esters is 2. The highest BCUT2D eigenvalue weighted by atomic mass is 32.1. The van der Waals surface area contributed by atoms with E-state index in [4.69, 9.17) is 4.74 Å². The third-order valence-corrected chi connectivity index (χ3v) is 4.45. The van der Waals surface area contributed by atoms with Crippen molar-refractivity contribution in [3.63, 3.8) is 0 Å². The average molecular weight is 337 g/mol. The maximum atomic E-state index is 12.0. The number of hydrogen-bond acceptors (Lipinski definition) is 8. The lowest BCUT2D eigenvalue weighted by atomic mass is 10.2. The zero-order valence-corrected chi connectivity index (χ0v) is 14.2. The van der Waals surface area contributed by atoms with Crippen LogP contribution in [0, 0.1) is 6.92 Å². The Hall–Kier alpha value is -2.22. The maximum Gasteiger partial charge on any atom is 0.348 e. The van der Waals surface area contributed by atoms with Gasteiger partial charge < -0.3 is 14.8 Å². The highest BCUT2D eigenvalue weighted by Gasteiger charge is 2.19. The molecule has 0 aliphatic rings. The molecule has 0 radical (unpaired) electrons. The second-order valence-corrected chi connectivity index (χ2v) is 5.78.